The van der Waals surface area contributed by atoms with E-state index in [-0.39, 0.29) is 5.56 Å². The second-order valence-corrected chi connectivity index (χ2v) is 8.80. The third-order valence-electron chi connectivity index (χ3n) is 3.85. The molecule has 7 heteroatoms. The van der Waals surface area contributed by atoms with Crippen LogP contribution in [0.15, 0.2) is 29.2 Å². The molecule has 0 amide bonds. The predicted molar refractivity (Wildman–Crippen MR) is 97.0 cm³/mol. The van der Waals surface area contributed by atoms with Gasteiger partial charge in [-0.15, -0.1) is 0 Å². The monoisotopic (exact) mass is 390 g/mol. The largest absolute Gasteiger partial charge is 0.396 e. The topological polar surface area (TPSA) is 20.2 Å². The SMILES string of the molecule is CC(CO)c1cccc(S(F)(F)(F)(F)F)c1.CCCCCCCCC. The van der Waals surface area contributed by atoms with Gasteiger partial charge in [0.25, 0.3) is 0 Å². The molecule has 25 heavy (non-hydrogen) atoms. The zero-order valence-corrected chi connectivity index (χ0v) is 16.1. The van der Waals surface area contributed by atoms with Crippen molar-refractivity contribution < 1.29 is 24.5 Å². The van der Waals surface area contributed by atoms with Crippen LogP contribution < -0.4 is 0 Å². The van der Waals surface area contributed by atoms with Gasteiger partial charge >= 0.3 is 10.2 Å². The van der Waals surface area contributed by atoms with Gasteiger partial charge < -0.3 is 5.11 Å². The molecule has 1 nitrogen and oxygen atoms in total. The second-order valence-electron chi connectivity index (χ2n) is 6.39. The number of aliphatic hydroxyl groups excluding tert-OH is 1. The van der Waals surface area contributed by atoms with Gasteiger partial charge in [0.1, 0.15) is 4.90 Å². The molecular weight excluding hydrogens is 359 g/mol. The summed E-state index contributed by atoms with van der Waals surface area (Å²) in [6, 6.07) is 2.92. The molecule has 1 aromatic carbocycles. The second kappa shape index (κ2) is 9.21. The molecule has 0 aromatic heterocycles. The van der Waals surface area contributed by atoms with Gasteiger partial charge in [-0.05, 0) is 17.7 Å². The highest BCUT2D eigenvalue weighted by atomic mass is 32.5. The summed E-state index contributed by atoms with van der Waals surface area (Å²) >= 11 is 0. The Bertz CT molecular complexity index is 495. The van der Waals surface area contributed by atoms with E-state index in [0.29, 0.717) is 12.1 Å². The fourth-order valence-electron chi connectivity index (χ4n) is 2.20. The molecule has 0 aliphatic carbocycles. The van der Waals surface area contributed by atoms with E-state index in [9.17, 15) is 19.4 Å². The first-order valence-corrected chi connectivity index (χ1v) is 10.8. The summed E-state index contributed by atoms with van der Waals surface area (Å²) in [5, 5.41) is 8.75. The van der Waals surface area contributed by atoms with E-state index < -0.39 is 27.6 Å². The van der Waals surface area contributed by atoms with Crippen LogP contribution in [0.5, 0.6) is 0 Å². The van der Waals surface area contributed by atoms with E-state index >= 15 is 0 Å². The maximum absolute atomic E-state index is 12.4. The smallest absolute Gasteiger partial charge is 0.310 e. The first-order chi connectivity index (χ1) is 11.4. The van der Waals surface area contributed by atoms with Crippen LogP contribution in [0, 0.1) is 0 Å². The van der Waals surface area contributed by atoms with Crippen LogP contribution in [0.1, 0.15) is 77.2 Å². The normalized spacial score (nSPS) is 15.6. The summed E-state index contributed by atoms with van der Waals surface area (Å²) in [4.78, 5) is -1.92. The molecule has 0 heterocycles. The molecule has 0 fully saturated rings. The maximum atomic E-state index is 12.4. The fourth-order valence-corrected chi connectivity index (χ4v) is 2.89. The van der Waals surface area contributed by atoms with Crippen molar-refractivity contribution in [1.29, 1.82) is 0 Å². The van der Waals surface area contributed by atoms with Gasteiger partial charge in [0.05, 0.1) is 0 Å². The van der Waals surface area contributed by atoms with Crippen LogP contribution in [0.3, 0.4) is 0 Å². The lowest BCUT2D eigenvalue weighted by Crippen LogP contribution is -2.07. The standard InChI is InChI=1S/C9H11F5OS.C9H20/c1-7(6-15)8-3-2-4-9(5-8)16(10,11,12,13)14;1-3-5-7-9-8-6-4-2/h2-5,7,15H,6H2,1H3;3-9H2,1-2H3. The molecule has 0 saturated heterocycles. The van der Waals surface area contributed by atoms with Gasteiger partial charge in [0, 0.05) is 12.5 Å². The van der Waals surface area contributed by atoms with Crippen molar-refractivity contribution in [2.24, 2.45) is 0 Å². The zero-order chi connectivity index (χ0) is 19.6. The molecule has 1 aromatic rings. The number of hydrogen-bond donors (Lipinski definition) is 1. The Morgan fingerprint density at radius 3 is 1.76 bits per heavy atom. The molecule has 0 bridgehead atoms. The van der Waals surface area contributed by atoms with Crippen LogP contribution in [-0.4, -0.2) is 11.7 Å². The average Bonchev–Trinajstić information content (AvgIpc) is 2.53. The summed E-state index contributed by atoms with van der Waals surface area (Å²) in [5.41, 5.74) is 0.0354. The van der Waals surface area contributed by atoms with Crippen LogP contribution in [0.4, 0.5) is 19.4 Å². The lowest BCUT2D eigenvalue weighted by atomic mass is 10.0. The van der Waals surface area contributed by atoms with Crippen molar-refractivity contribution in [2.75, 3.05) is 6.61 Å². The van der Waals surface area contributed by atoms with Crippen molar-refractivity contribution in [3.05, 3.63) is 29.8 Å². The Morgan fingerprint density at radius 1 is 0.880 bits per heavy atom. The minimum atomic E-state index is -9.61. The molecule has 0 spiro atoms. The molecule has 1 atom stereocenters. The summed E-state index contributed by atoms with van der Waals surface area (Å²) in [6.07, 6.45) is 9.97. The number of benzene rings is 1. The van der Waals surface area contributed by atoms with Crippen LogP contribution >= 0.6 is 10.2 Å². The first kappa shape index (κ1) is 24.2. The molecule has 0 aliphatic rings. The predicted octanol–water partition coefficient (Wildman–Crippen LogP) is 8.20. The van der Waals surface area contributed by atoms with E-state index in [1.165, 1.54) is 57.9 Å². The van der Waals surface area contributed by atoms with Gasteiger partial charge in [-0.3, -0.25) is 0 Å². The van der Waals surface area contributed by atoms with Crippen molar-refractivity contribution in [2.45, 2.75) is 76.5 Å². The first-order valence-electron chi connectivity index (χ1n) is 8.80. The molecule has 0 saturated carbocycles. The van der Waals surface area contributed by atoms with E-state index in [1.54, 1.807) is 0 Å². The summed E-state index contributed by atoms with van der Waals surface area (Å²) in [7, 11) is -9.61. The summed E-state index contributed by atoms with van der Waals surface area (Å²) < 4.78 is 62.2. The van der Waals surface area contributed by atoms with Crippen molar-refractivity contribution in [3.63, 3.8) is 0 Å². The highest BCUT2D eigenvalue weighted by molar-refractivity contribution is 8.45. The Morgan fingerprint density at radius 2 is 1.36 bits per heavy atom. The highest BCUT2D eigenvalue weighted by Crippen LogP contribution is 3.02. The van der Waals surface area contributed by atoms with Gasteiger partial charge in [0.2, 0.25) is 0 Å². The Labute approximate surface area is 148 Å². The quantitative estimate of drug-likeness (QED) is 0.333. The number of hydrogen-bond acceptors (Lipinski definition) is 1. The number of aliphatic hydroxyl groups is 1. The van der Waals surface area contributed by atoms with E-state index in [2.05, 4.69) is 13.8 Å². The van der Waals surface area contributed by atoms with Crippen LogP contribution in [0.2, 0.25) is 0 Å². The third kappa shape index (κ3) is 10.7. The van der Waals surface area contributed by atoms with Crippen molar-refractivity contribution >= 4 is 10.2 Å². The van der Waals surface area contributed by atoms with Crippen molar-refractivity contribution in [1.82, 2.24) is 0 Å². The number of halogens is 5. The van der Waals surface area contributed by atoms with Crippen molar-refractivity contribution in [3.8, 4) is 0 Å². The van der Waals surface area contributed by atoms with Gasteiger partial charge in [-0.25, -0.2) is 0 Å². The molecule has 150 valence electrons. The van der Waals surface area contributed by atoms with E-state index in [1.807, 2.05) is 0 Å². The Balaban J connectivity index is 0.000000547. The molecular formula is C18H31F5OS. The molecule has 1 N–H and O–H groups in total. The van der Waals surface area contributed by atoms with Crippen LogP contribution in [0.25, 0.3) is 0 Å². The zero-order valence-electron chi connectivity index (χ0n) is 15.3. The highest BCUT2D eigenvalue weighted by Gasteiger charge is 2.65. The fraction of sp³-hybridized carbons (Fsp3) is 0.667. The van der Waals surface area contributed by atoms with Crippen LogP contribution in [-0.2, 0) is 0 Å². The maximum Gasteiger partial charge on any atom is 0.310 e. The molecule has 1 rings (SSSR count). The lowest BCUT2D eigenvalue weighted by Gasteiger charge is -2.40. The minimum absolute atomic E-state index is 0.0354. The van der Waals surface area contributed by atoms with Gasteiger partial charge in [-0.1, -0.05) is 97.3 Å². The molecule has 0 radical (unpaired) electrons. The molecule has 0 aliphatic heterocycles. The minimum Gasteiger partial charge on any atom is -0.396 e. The van der Waals surface area contributed by atoms with E-state index in [4.69, 9.17) is 5.11 Å². The number of rotatable bonds is 9. The van der Waals surface area contributed by atoms with Gasteiger partial charge in [-0.2, -0.15) is 0 Å². The Hall–Kier alpha value is -0.820. The number of unbranched alkanes of at least 4 members (excludes halogenated alkanes) is 6. The van der Waals surface area contributed by atoms with Gasteiger partial charge in [0.15, 0.2) is 0 Å². The average molecular weight is 391 g/mol. The third-order valence-corrected chi connectivity index (χ3v) is 5.00. The van der Waals surface area contributed by atoms with E-state index in [0.717, 1.165) is 6.07 Å². The Kier molecular flexibility index (Phi) is 8.91. The summed E-state index contributed by atoms with van der Waals surface area (Å²) in [5.74, 6) is -0.611. The lowest BCUT2D eigenvalue weighted by molar-refractivity contribution is 0.272. The summed E-state index contributed by atoms with van der Waals surface area (Å²) in [6.45, 7) is 5.58. The molecule has 1 unspecified atom stereocenters.